The van der Waals surface area contributed by atoms with Crippen LogP contribution >= 0.6 is 11.3 Å². The van der Waals surface area contributed by atoms with Gasteiger partial charge >= 0.3 is 0 Å². The van der Waals surface area contributed by atoms with E-state index in [4.69, 9.17) is 0 Å². The molecule has 0 spiro atoms. The van der Waals surface area contributed by atoms with Crippen molar-refractivity contribution in [2.75, 3.05) is 5.32 Å². The lowest BCUT2D eigenvalue weighted by Crippen LogP contribution is -2.10. The summed E-state index contributed by atoms with van der Waals surface area (Å²) in [5.74, 6) is 0.675. The monoisotopic (exact) mass is 251 g/mol. The fourth-order valence-corrected chi connectivity index (χ4v) is 2.31. The van der Waals surface area contributed by atoms with Crippen LogP contribution in [0.2, 0.25) is 0 Å². The van der Waals surface area contributed by atoms with Crippen molar-refractivity contribution in [1.82, 2.24) is 20.2 Å². The van der Waals surface area contributed by atoms with Gasteiger partial charge in [0.15, 0.2) is 5.82 Å². The third-order valence-corrected chi connectivity index (χ3v) is 3.15. The molecular formula is C10H13N5OS. The summed E-state index contributed by atoms with van der Waals surface area (Å²) in [6.07, 6.45) is 1.35. The van der Waals surface area contributed by atoms with E-state index >= 15 is 0 Å². The van der Waals surface area contributed by atoms with Gasteiger partial charge in [-0.2, -0.15) is 0 Å². The number of hydrogen-bond acceptors (Lipinski definition) is 5. The minimum absolute atomic E-state index is 0.0160. The van der Waals surface area contributed by atoms with Crippen LogP contribution in [0.5, 0.6) is 0 Å². The molecule has 0 atom stereocenters. The summed E-state index contributed by atoms with van der Waals surface area (Å²) < 4.78 is 1.58. The van der Waals surface area contributed by atoms with Crippen molar-refractivity contribution < 1.29 is 4.79 Å². The summed E-state index contributed by atoms with van der Waals surface area (Å²) in [7, 11) is 1.77. The number of tetrazole rings is 1. The molecule has 2 aromatic heterocycles. The van der Waals surface area contributed by atoms with Crippen molar-refractivity contribution >= 4 is 22.9 Å². The van der Waals surface area contributed by atoms with E-state index < -0.39 is 0 Å². The van der Waals surface area contributed by atoms with Crippen LogP contribution in [0.1, 0.15) is 19.8 Å². The van der Waals surface area contributed by atoms with Gasteiger partial charge in [0.2, 0.25) is 5.91 Å². The minimum atomic E-state index is 0.0160. The third-order valence-electron chi connectivity index (χ3n) is 2.24. The van der Waals surface area contributed by atoms with E-state index in [1.807, 2.05) is 18.4 Å². The van der Waals surface area contributed by atoms with Gasteiger partial charge < -0.3 is 5.32 Å². The molecule has 2 rings (SSSR count). The standard InChI is InChI=1S/C10H13N5OS/c1-3-4-8(16)11-7-5-6-17-9(7)10-12-13-14-15(10)2/h5-6H,3-4H2,1-2H3,(H,11,16). The maximum atomic E-state index is 11.6. The number of amides is 1. The van der Waals surface area contributed by atoms with Crippen LogP contribution in [0.3, 0.4) is 0 Å². The third kappa shape index (κ3) is 2.50. The van der Waals surface area contributed by atoms with Crippen LogP contribution in [-0.4, -0.2) is 26.1 Å². The average Bonchev–Trinajstić information content (AvgIpc) is 2.87. The van der Waals surface area contributed by atoms with E-state index in [1.54, 1.807) is 11.7 Å². The van der Waals surface area contributed by atoms with Gasteiger partial charge in [0.25, 0.3) is 0 Å². The van der Waals surface area contributed by atoms with Crippen LogP contribution in [-0.2, 0) is 11.8 Å². The van der Waals surface area contributed by atoms with Gasteiger partial charge in [-0.15, -0.1) is 16.4 Å². The number of rotatable bonds is 4. The quantitative estimate of drug-likeness (QED) is 0.897. The molecule has 0 fully saturated rings. The first-order valence-electron chi connectivity index (χ1n) is 5.32. The first kappa shape index (κ1) is 11.7. The zero-order valence-electron chi connectivity index (χ0n) is 9.67. The van der Waals surface area contributed by atoms with Gasteiger partial charge in [0.05, 0.1) is 10.6 Å². The first-order chi connectivity index (χ1) is 8.22. The molecule has 0 bridgehead atoms. The molecule has 0 aliphatic rings. The SMILES string of the molecule is CCCC(=O)Nc1ccsc1-c1nnnn1C. The molecular weight excluding hydrogens is 238 g/mol. The van der Waals surface area contributed by atoms with Gasteiger partial charge in [-0.25, -0.2) is 4.68 Å². The van der Waals surface area contributed by atoms with E-state index in [9.17, 15) is 4.79 Å². The van der Waals surface area contributed by atoms with Crippen molar-refractivity contribution in [3.05, 3.63) is 11.4 Å². The number of hydrogen-bond donors (Lipinski definition) is 1. The van der Waals surface area contributed by atoms with Crippen molar-refractivity contribution in [2.45, 2.75) is 19.8 Å². The van der Waals surface area contributed by atoms with Crippen molar-refractivity contribution in [3.8, 4) is 10.7 Å². The molecule has 0 aliphatic carbocycles. The lowest BCUT2D eigenvalue weighted by molar-refractivity contribution is -0.116. The van der Waals surface area contributed by atoms with Gasteiger partial charge in [0.1, 0.15) is 0 Å². The molecule has 1 amide bonds. The molecule has 0 radical (unpaired) electrons. The molecule has 0 aromatic carbocycles. The number of anilines is 1. The highest BCUT2D eigenvalue weighted by Crippen LogP contribution is 2.31. The smallest absolute Gasteiger partial charge is 0.224 e. The maximum Gasteiger partial charge on any atom is 0.224 e. The lowest BCUT2D eigenvalue weighted by Gasteiger charge is -2.04. The summed E-state index contributed by atoms with van der Waals surface area (Å²) >= 11 is 1.50. The van der Waals surface area contributed by atoms with E-state index in [0.29, 0.717) is 12.2 Å². The number of nitrogens with zero attached hydrogens (tertiary/aromatic N) is 4. The Kier molecular flexibility index (Phi) is 3.48. The Morgan fingerprint density at radius 3 is 3.06 bits per heavy atom. The summed E-state index contributed by atoms with van der Waals surface area (Å²) in [5, 5.41) is 16.1. The van der Waals surface area contributed by atoms with Crippen LogP contribution in [0, 0.1) is 0 Å². The Hall–Kier alpha value is -1.76. The van der Waals surface area contributed by atoms with E-state index in [-0.39, 0.29) is 5.91 Å². The molecule has 2 heterocycles. The zero-order chi connectivity index (χ0) is 12.3. The number of nitrogens with one attached hydrogen (secondary N) is 1. The number of aromatic nitrogens is 4. The van der Waals surface area contributed by atoms with E-state index in [1.165, 1.54) is 11.3 Å². The normalized spacial score (nSPS) is 10.5. The maximum absolute atomic E-state index is 11.6. The molecule has 6 nitrogen and oxygen atoms in total. The van der Waals surface area contributed by atoms with Gasteiger partial charge in [0, 0.05) is 13.5 Å². The number of carbonyl (C=O) groups excluding carboxylic acids is 1. The van der Waals surface area contributed by atoms with Crippen molar-refractivity contribution in [3.63, 3.8) is 0 Å². The molecule has 0 unspecified atom stereocenters. The number of aryl methyl sites for hydroxylation is 1. The Morgan fingerprint density at radius 1 is 1.59 bits per heavy atom. The summed E-state index contributed by atoms with van der Waals surface area (Å²) in [4.78, 5) is 12.4. The Bertz CT molecular complexity index is 518. The number of carbonyl (C=O) groups is 1. The fraction of sp³-hybridized carbons (Fsp3) is 0.400. The van der Waals surface area contributed by atoms with E-state index in [2.05, 4.69) is 20.8 Å². The van der Waals surface area contributed by atoms with Gasteiger partial charge in [-0.05, 0) is 28.3 Å². The van der Waals surface area contributed by atoms with Crippen molar-refractivity contribution in [2.24, 2.45) is 7.05 Å². The van der Waals surface area contributed by atoms with Gasteiger partial charge in [-0.1, -0.05) is 6.92 Å². The first-order valence-corrected chi connectivity index (χ1v) is 6.20. The highest BCUT2D eigenvalue weighted by atomic mass is 32.1. The Balaban J connectivity index is 2.23. The predicted octanol–water partition coefficient (Wildman–Crippen LogP) is 1.68. The fourth-order valence-electron chi connectivity index (χ4n) is 1.44. The average molecular weight is 251 g/mol. The second-order valence-electron chi connectivity index (χ2n) is 3.59. The molecule has 17 heavy (non-hydrogen) atoms. The molecule has 2 aromatic rings. The largest absolute Gasteiger partial charge is 0.325 e. The molecule has 0 saturated carbocycles. The predicted molar refractivity (Wildman–Crippen MR) is 65.6 cm³/mol. The van der Waals surface area contributed by atoms with Crippen LogP contribution < -0.4 is 5.32 Å². The highest BCUT2D eigenvalue weighted by Gasteiger charge is 2.14. The minimum Gasteiger partial charge on any atom is -0.325 e. The van der Waals surface area contributed by atoms with E-state index in [0.717, 1.165) is 17.0 Å². The molecule has 1 N–H and O–H groups in total. The van der Waals surface area contributed by atoms with Crippen LogP contribution in [0.15, 0.2) is 11.4 Å². The van der Waals surface area contributed by atoms with Crippen LogP contribution in [0.4, 0.5) is 5.69 Å². The Labute approximate surface area is 103 Å². The Morgan fingerprint density at radius 2 is 2.41 bits per heavy atom. The van der Waals surface area contributed by atoms with Crippen LogP contribution in [0.25, 0.3) is 10.7 Å². The molecule has 0 aliphatic heterocycles. The molecule has 7 heteroatoms. The topological polar surface area (TPSA) is 72.7 Å². The number of thiophene rings is 1. The second kappa shape index (κ2) is 5.05. The summed E-state index contributed by atoms with van der Waals surface area (Å²) in [6, 6.07) is 1.86. The summed E-state index contributed by atoms with van der Waals surface area (Å²) in [5.41, 5.74) is 0.770. The lowest BCUT2D eigenvalue weighted by atomic mass is 10.3. The van der Waals surface area contributed by atoms with Crippen molar-refractivity contribution in [1.29, 1.82) is 0 Å². The highest BCUT2D eigenvalue weighted by molar-refractivity contribution is 7.14. The second-order valence-corrected chi connectivity index (χ2v) is 4.50. The van der Waals surface area contributed by atoms with Gasteiger partial charge in [-0.3, -0.25) is 4.79 Å². The molecule has 90 valence electrons. The zero-order valence-corrected chi connectivity index (χ0v) is 10.5. The summed E-state index contributed by atoms with van der Waals surface area (Å²) in [6.45, 7) is 1.97. The molecule has 0 saturated heterocycles.